The average molecular weight is 400 g/mol. The van der Waals surface area contributed by atoms with Crippen molar-refractivity contribution in [3.63, 3.8) is 0 Å². The zero-order valence-corrected chi connectivity index (χ0v) is 17.6. The van der Waals surface area contributed by atoms with Crippen LogP contribution in [0.15, 0.2) is 59.0 Å². The zero-order chi connectivity index (χ0) is 21.3. The minimum Gasteiger partial charge on any atom is -0.484 e. The highest BCUT2D eigenvalue weighted by atomic mass is 16.5. The maximum Gasteiger partial charge on any atom is 0.262 e. The van der Waals surface area contributed by atoms with E-state index in [2.05, 4.69) is 16.4 Å². The smallest absolute Gasteiger partial charge is 0.262 e. The Bertz CT molecular complexity index is 1220. The second-order valence-corrected chi connectivity index (χ2v) is 7.68. The van der Waals surface area contributed by atoms with Crippen molar-refractivity contribution in [3.8, 4) is 17.2 Å². The highest BCUT2D eigenvalue weighted by Crippen LogP contribution is 2.28. The predicted molar refractivity (Wildman–Crippen MR) is 119 cm³/mol. The normalized spacial score (nSPS) is 10.9. The van der Waals surface area contributed by atoms with E-state index in [0.29, 0.717) is 17.3 Å². The molecule has 1 N–H and O–H groups in total. The summed E-state index contributed by atoms with van der Waals surface area (Å²) in [6.45, 7) is 7.91. The van der Waals surface area contributed by atoms with Crippen LogP contribution in [0.2, 0.25) is 0 Å². The first-order valence-corrected chi connectivity index (χ1v) is 9.86. The van der Waals surface area contributed by atoms with E-state index < -0.39 is 0 Å². The van der Waals surface area contributed by atoms with Gasteiger partial charge in [0.05, 0.1) is 0 Å². The highest BCUT2D eigenvalue weighted by molar-refractivity contribution is 5.93. The number of aromatic nitrogens is 1. The molecule has 30 heavy (non-hydrogen) atoms. The van der Waals surface area contributed by atoms with Crippen LogP contribution in [0.1, 0.15) is 22.3 Å². The topological polar surface area (TPSA) is 64.4 Å². The molecule has 0 aliphatic heterocycles. The molecule has 1 heterocycles. The van der Waals surface area contributed by atoms with Crippen molar-refractivity contribution in [2.45, 2.75) is 27.7 Å². The van der Waals surface area contributed by atoms with Crippen LogP contribution >= 0.6 is 0 Å². The molecule has 0 aliphatic rings. The number of nitrogens with zero attached hydrogens (tertiary/aromatic N) is 1. The van der Waals surface area contributed by atoms with Gasteiger partial charge in [-0.1, -0.05) is 18.2 Å². The van der Waals surface area contributed by atoms with Crippen LogP contribution in [0.4, 0.5) is 5.69 Å². The third-order valence-corrected chi connectivity index (χ3v) is 4.87. The summed E-state index contributed by atoms with van der Waals surface area (Å²) in [5.41, 5.74) is 7.35. The molecular formula is C25H24N2O3. The van der Waals surface area contributed by atoms with Gasteiger partial charge in [-0.15, -0.1) is 0 Å². The molecular weight excluding hydrogens is 376 g/mol. The van der Waals surface area contributed by atoms with Gasteiger partial charge in [0, 0.05) is 11.3 Å². The van der Waals surface area contributed by atoms with Gasteiger partial charge in [-0.3, -0.25) is 4.79 Å². The van der Waals surface area contributed by atoms with E-state index in [-0.39, 0.29) is 12.5 Å². The minimum atomic E-state index is -0.220. The third kappa shape index (κ3) is 4.35. The quantitative estimate of drug-likeness (QED) is 0.463. The molecule has 3 aromatic carbocycles. The zero-order valence-electron chi connectivity index (χ0n) is 17.6. The first-order chi connectivity index (χ1) is 14.4. The number of rotatable bonds is 5. The van der Waals surface area contributed by atoms with Crippen LogP contribution in [0.25, 0.3) is 22.6 Å². The third-order valence-electron chi connectivity index (χ3n) is 4.87. The maximum absolute atomic E-state index is 12.5. The van der Waals surface area contributed by atoms with Gasteiger partial charge in [0.25, 0.3) is 5.91 Å². The number of carbonyl (C=O) groups excluding carboxylic acids is 1. The summed E-state index contributed by atoms with van der Waals surface area (Å²) < 4.78 is 11.6. The number of anilines is 1. The summed E-state index contributed by atoms with van der Waals surface area (Å²) in [5.74, 6) is 0.995. The summed E-state index contributed by atoms with van der Waals surface area (Å²) >= 11 is 0. The number of oxazole rings is 1. The fraction of sp³-hybridized carbons (Fsp3) is 0.200. The number of carbonyl (C=O) groups is 1. The second kappa shape index (κ2) is 8.03. The van der Waals surface area contributed by atoms with Gasteiger partial charge in [0.2, 0.25) is 5.89 Å². The summed E-state index contributed by atoms with van der Waals surface area (Å²) in [4.78, 5) is 17.0. The van der Waals surface area contributed by atoms with Crippen LogP contribution in [-0.4, -0.2) is 17.5 Å². The van der Waals surface area contributed by atoms with E-state index in [1.54, 1.807) is 0 Å². The van der Waals surface area contributed by atoms with E-state index in [1.165, 1.54) is 0 Å². The van der Waals surface area contributed by atoms with Crippen molar-refractivity contribution in [3.05, 3.63) is 76.9 Å². The Balaban J connectivity index is 1.50. The molecule has 5 nitrogen and oxygen atoms in total. The Morgan fingerprint density at radius 2 is 1.70 bits per heavy atom. The standard InChI is InChI=1S/C25H24N2O3/c1-15-5-8-23-22(12-15)27-25(30-23)19-7-6-18(4)21(13-19)26-24(28)14-29-20-10-16(2)9-17(3)11-20/h5-13H,14H2,1-4H3,(H,26,28). The number of hydrogen-bond acceptors (Lipinski definition) is 4. The van der Waals surface area contributed by atoms with Crippen molar-refractivity contribution in [1.82, 2.24) is 4.98 Å². The van der Waals surface area contributed by atoms with Crippen molar-refractivity contribution >= 4 is 22.7 Å². The van der Waals surface area contributed by atoms with Crippen LogP contribution < -0.4 is 10.1 Å². The van der Waals surface area contributed by atoms with E-state index >= 15 is 0 Å². The summed E-state index contributed by atoms with van der Waals surface area (Å²) in [6, 6.07) is 17.6. The number of fused-ring (bicyclic) bond motifs is 1. The fourth-order valence-electron chi connectivity index (χ4n) is 3.40. The lowest BCUT2D eigenvalue weighted by molar-refractivity contribution is -0.118. The molecule has 0 bridgehead atoms. The van der Waals surface area contributed by atoms with Crippen molar-refractivity contribution in [2.24, 2.45) is 0 Å². The summed E-state index contributed by atoms with van der Waals surface area (Å²) in [5, 5.41) is 2.93. The number of benzene rings is 3. The Morgan fingerprint density at radius 1 is 0.933 bits per heavy atom. The largest absolute Gasteiger partial charge is 0.484 e. The average Bonchev–Trinajstić information content (AvgIpc) is 3.10. The molecule has 0 radical (unpaired) electrons. The van der Waals surface area contributed by atoms with Gasteiger partial charge in [-0.2, -0.15) is 0 Å². The first kappa shape index (κ1) is 19.7. The van der Waals surface area contributed by atoms with Gasteiger partial charge in [-0.25, -0.2) is 4.98 Å². The van der Waals surface area contributed by atoms with Crippen LogP contribution in [0.3, 0.4) is 0 Å². The fourth-order valence-corrected chi connectivity index (χ4v) is 3.40. The molecule has 0 aliphatic carbocycles. The molecule has 4 aromatic rings. The summed E-state index contributed by atoms with van der Waals surface area (Å²) in [7, 11) is 0. The van der Waals surface area contributed by atoms with Crippen molar-refractivity contribution in [1.29, 1.82) is 0 Å². The van der Waals surface area contributed by atoms with E-state index in [9.17, 15) is 4.79 Å². The van der Waals surface area contributed by atoms with Crippen LogP contribution in [0, 0.1) is 27.7 Å². The number of nitrogens with one attached hydrogen (secondary N) is 1. The molecule has 0 unspecified atom stereocenters. The summed E-state index contributed by atoms with van der Waals surface area (Å²) in [6.07, 6.45) is 0. The van der Waals surface area contributed by atoms with Gasteiger partial charge >= 0.3 is 0 Å². The van der Waals surface area contributed by atoms with Crippen molar-refractivity contribution in [2.75, 3.05) is 11.9 Å². The second-order valence-electron chi connectivity index (χ2n) is 7.68. The van der Waals surface area contributed by atoms with Crippen molar-refractivity contribution < 1.29 is 13.9 Å². The molecule has 152 valence electrons. The van der Waals surface area contributed by atoms with Gasteiger partial charge in [0.15, 0.2) is 12.2 Å². The highest BCUT2D eigenvalue weighted by Gasteiger charge is 2.12. The monoisotopic (exact) mass is 400 g/mol. The first-order valence-electron chi connectivity index (χ1n) is 9.86. The molecule has 0 fully saturated rings. The van der Waals surface area contributed by atoms with E-state index in [0.717, 1.165) is 38.9 Å². The lowest BCUT2D eigenvalue weighted by Crippen LogP contribution is -2.20. The number of ether oxygens (including phenoxy) is 1. The number of amides is 1. The number of aryl methyl sites for hydroxylation is 4. The molecule has 0 saturated carbocycles. The molecule has 4 rings (SSSR count). The molecule has 1 amide bonds. The molecule has 0 spiro atoms. The number of hydrogen-bond donors (Lipinski definition) is 1. The van der Waals surface area contributed by atoms with E-state index in [1.807, 2.05) is 76.2 Å². The van der Waals surface area contributed by atoms with Gasteiger partial charge in [-0.05, 0) is 86.3 Å². The Morgan fingerprint density at radius 3 is 2.47 bits per heavy atom. The molecule has 0 saturated heterocycles. The van der Waals surface area contributed by atoms with Crippen LogP contribution in [0.5, 0.6) is 5.75 Å². The maximum atomic E-state index is 12.5. The molecule has 5 heteroatoms. The van der Waals surface area contributed by atoms with Gasteiger partial charge in [0.1, 0.15) is 11.3 Å². The van der Waals surface area contributed by atoms with E-state index in [4.69, 9.17) is 9.15 Å². The van der Waals surface area contributed by atoms with Crippen LogP contribution in [-0.2, 0) is 4.79 Å². The predicted octanol–water partition coefficient (Wildman–Crippen LogP) is 5.75. The lowest BCUT2D eigenvalue weighted by Gasteiger charge is -2.11. The Kier molecular flexibility index (Phi) is 5.27. The molecule has 1 aromatic heterocycles. The van der Waals surface area contributed by atoms with Gasteiger partial charge < -0.3 is 14.5 Å². The lowest BCUT2D eigenvalue weighted by atomic mass is 10.1. The minimum absolute atomic E-state index is 0.0608. The molecule has 0 atom stereocenters. The SMILES string of the molecule is Cc1cc(C)cc(OCC(=O)Nc2cc(-c3nc4cc(C)ccc4o3)ccc2C)c1. The Hall–Kier alpha value is -3.60. The Labute approximate surface area is 175 Å².